The third kappa shape index (κ3) is 5.24. The molecule has 7 heteroatoms. The minimum Gasteiger partial charge on any atom is -0.234 e. The molecule has 0 bridgehead atoms. The van der Waals surface area contributed by atoms with Crippen molar-refractivity contribution in [2.45, 2.75) is 0 Å². The Morgan fingerprint density at radius 3 is 2.86 bits per heavy atom. The quantitative estimate of drug-likeness (QED) is 0.220. The normalized spacial score (nSPS) is 8.14. The third-order valence-electron chi connectivity index (χ3n) is 0.146. The Kier molecular flexibility index (Phi) is 4.67. The van der Waals surface area contributed by atoms with Gasteiger partial charge in [0.25, 0.3) is 0 Å². The van der Waals surface area contributed by atoms with Gasteiger partial charge in [-0.1, -0.05) is 4.99 Å². The zero-order valence-electron chi connectivity index (χ0n) is 3.03. The van der Waals surface area contributed by atoms with Gasteiger partial charge in [-0.3, -0.25) is 0 Å². The maximum atomic E-state index is 8.93. The van der Waals surface area contributed by atoms with E-state index in [1.54, 1.807) is 5.34 Å². The molecule has 0 saturated heterocycles. The van der Waals surface area contributed by atoms with Crippen molar-refractivity contribution >= 4 is 0 Å². The van der Waals surface area contributed by atoms with E-state index in [2.05, 4.69) is 15.0 Å². The van der Waals surface area contributed by atoms with Gasteiger partial charge in [-0.15, -0.1) is 4.91 Å². The van der Waals surface area contributed by atoms with Crippen molar-refractivity contribution in [1.29, 1.82) is 0 Å². The molecule has 0 amide bonds. The van der Waals surface area contributed by atoms with Crippen LogP contribution in [0, 0.1) is 4.91 Å². The first-order valence-electron chi connectivity index (χ1n) is 1.12. The van der Waals surface area contributed by atoms with E-state index in [1.807, 2.05) is 0 Å². The Hall–Kier alpha value is -0.760. The largest absolute Gasteiger partial charge is 0.234 e. The van der Waals surface area contributed by atoms with Crippen LogP contribution >= 0.6 is 0 Å². The maximum Gasteiger partial charge on any atom is 0.178 e. The summed E-state index contributed by atoms with van der Waals surface area (Å²) in [5.74, 6) is 0. The summed E-state index contributed by atoms with van der Waals surface area (Å²) >= 11 is 0. The Morgan fingerprint density at radius 2 is 2.43 bits per heavy atom. The molecule has 0 aromatic rings. The second-order valence-electron chi connectivity index (χ2n) is 0.407. The standard InChI is InChI=1S/H2N2O5/c3-1-5-2-6-7-4/h2,4H. The molecule has 2 N–H and O–H groups in total. The van der Waals surface area contributed by atoms with Crippen LogP contribution in [0.3, 0.4) is 0 Å². The van der Waals surface area contributed by atoms with Crippen LogP contribution in [0.5, 0.6) is 0 Å². The highest BCUT2D eigenvalue weighted by Gasteiger charge is 1.77. The summed E-state index contributed by atoms with van der Waals surface area (Å²) in [6, 6.07) is 0. The molecule has 42 valence electrons. The van der Waals surface area contributed by atoms with Gasteiger partial charge in [-0.05, 0) is 5.04 Å². The Balaban J connectivity index is 2.56. The molecule has 0 aromatic carbocycles. The zero-order chi connectivity index (χ0) is 5.54. The van der Waals surface area contributed by atoms with Crippen LogP contribution in [0.1, 0.15) is 0 Å². The highest BCUT2D eigenvalue weighted by atomic mass is 17.5. The van der Waals surface area contributed by atoms with Gasteiger partial charge in [0.15, 0.2) is 5.34 Å². The SMILES string of the molecule is O=NONOOO. The Labute approximate surface area is 37.5 Å². The van der Waals surface area contributed by atoms with Gasteiger partial charge >= 0.3 is 0 Å². The van der Waals surface area contributed by atoms with Gasteiger partial charge in [0.1, 0.15) is 0 Å². The fourth-order valence-electron chi connectivity index (χ4n) is 0.0456. The molecule has 0 saturated carbocycles. The summed E-state index contributed by atoms with van der Waals surface area (Å²) in [5, 5.41) is 12.0. The highest BCUT2D eigenvalue weighted by Crippen LogP contribution is 1.64. The summed E-state index contributed by atoms with van der Waals surface area (Å²) in [7, 11) is 0. The summed E-state index contributed by atoms with van der Waals surface area (Å²) in [6.07, 6.45) is 0. The fourth-order valence-corrected chi connectivity index (χ4v) is 0.0456. The third-order valence-corrected chi connectivity index (χ3v) is 0.146. The number of hydrogen-bond acceptors (Lipinski definition) is 7. The van der Waals surface area contributed by atoms with E-state index in [0.717, 1.165) is 0 Å². The molecular formula is H2N2O5. The summed E-state index contributed by atoms with van der Waals surface area (Å²) in [4.78, 5) is 15.7. The molecule has 0 rings (SSSR count). The lowest BCUT2D eigenvalue weighted by Crippen LogP contribution is -2.10. The van der Waals surface area contributed by atoms with E-state index in [9.17, 15) is 0 Å². The average molecular weight is 110 g/mol. The fraction of sp³-hybridized carbons (Fsp3) is 0. The highest BCUT2D eigenvalue weighted by molar-refractivity contribution is 3.89. The Morgan fingerprint density at radius 1 is 1.71 bits per heavy atom. The van der Waals surface area contributed by atoms with E-state index >= 15 is 0 Å². The monoisotopic (exact) mass is 110 g/mol. The molecule has 0 aliphatic rings. The van der Waals surface area contributed by atoms with Crippen molar-refractivity contribution < 1.29 is 20.2 Å². The first kappa shape index (κ1) is 6.24. The predicted molar refractivity (Wildman–Crippen MR) is 14.8 cm³/mol. The molecule has 0 heterocycles. The summed E-state index contributed by atoms with van der Waals surface area (Å²) < 4.78 is 0. The van der Waals surface area contributed by atoms with Crippen LogP contribution in [0.2, 0.25) is 0 Å². The first-order chi connectivity index (χ1) is 3.41. The lowest BCUT2D eigenvalue weighted by atomic mass is 13.0. The lowest BCUT2D eigenvalue weighted by Gasteiger charge is -1.88. The average Bonchev–Trinajstić information content (AvgIpc) is 1.69. The van der Waals surface area contributed by atoms with E-state index in [4.69, 9.17) is 10.2 Å². The maximum absolute atomic E-state index is 8.93. The molecule has 0 radical (unpaired) electrons. The molecule has 0 aliphatic carbocycles. The number of rotatable bonds is 4. The van der Waals surface area contributed by atoms with Crippen molar-refractivity contribution in [3.8, 4) is 0 Å². The minimum absolute atomic E-state index is 1.33. The molecule has 0 aromatic heterocycles. The Bertz CT molecular complexity index is 43.3. The molecular weight excluding hydrogens is 108 g/mol. The summed E-state index contributed by atoms with van der Waals surface area (Å²) in [5.41, 5.74) is 1.33. The number of hydrogen-bond donors (Lipinski definition) is 2. The van der Waals surface area contributed by atoms with Gasteiger partial charge < -0.3 is 0 Å². The van der Waals surface area contributed by atoms with Crippen molar-refractivity contribution in [3.63, 3.8) is 0 Å². The van der Waals surface area contributed by atoms with E-state index in [0.29, 0.717) is 0 Å². The number of nitrogens with zero attached hydrogens (tertiary/aromatic N) is 1. The number of nitrogens with one attached hydrogen (secondary N) is 1. The molecule has 7 nitrogen and oxygen atoms in total. The van der Waals surface area contributed by atoms with Crippen LogP contribution in [-0.4, -0.2) is 5.26 Å². The first-order valence-corrected chi connectivity index (χ1v) is 1.12. The molecule has 0 aliphatic heterocycles. The van der Waals surface area contributed by atoms with Crippen LogP contribution in [-0.2, 0) is 15.0 Å². The van der Waals surface area contributed by atoms with Crippen LogP contribution in [0.25, 0.3) is 0 Å². The van der Waals surface area contributed by atoms with Gasteiger partial charge in [-0.2, -0.15) is 0 Å². The smallest absolute Gasteiger partial charge is 0.178 e. The van der Waals surface area contributed by atoms with Crippen LogP contribution in [0.4, 0.5) is 0 Å². The second-order valence-corrected chi connectivity index (χ2v) is 0.407. The minimum atomic E-state index is 1.33. The predicted octanol–water partition coefficient (Wildman–Crippen LogP) is -0.475. The molecule has 0 spiro atoms. The van der Waals surface area contributed by atoms with Gasteiger partial charge in [0, 0.05) is 5.64 Å². The van der Waals surface area contributed by atoms with Gasteiger partial charge in [-0.25, -0.2) is 10.2 Å². The van der Waals surface area contributed by atoms with Gasteiger partial charge in [0.2, 0.25) is 0 Å². The van der Waals surface area contributed by atoms with E-state index in [1.165, 1.54) is 5.64 Å². The zero-order valence-corrected chi connectivity index (χ0v) is 3.03. The molecule has 0 atom stereocenters. The van der Waals surface area contributed by atoms with Crippen molar-refractivity contribution in [3.05, 3.63) is 4.91 Å². The van der Waals surface area contributed by atoms with Crippen LogP contribution in [0.15, 0.2) is 5.34 Å². The van der Waals surface area contributed by atoms with Crippen molar-refractivity contribution in [1.82, 2.24) is 5.64 Å². The molecule has 0 unspecified atom stereocenters. The molecule has 7 heavy (non-hydrogen) atoms. The lowest BCUT2D eigenvalue weighted by molar-refractivity contribution is -0.544. The topological polar surface area (TPSA) is 89.4 Å². The van der Waals surface area contributed by atoms with Crippen molar-refractivity contribution in [2.24, 2.45) is 5.34 Å². The second kappa shape index (κ2) is 5.24. The summed E-state index contributed by atoms with van der Waals surface area (Å²) in [6.45, 7) is 0. The van der Waals surface area contributed by atoms with E-state index in [-0.39, 0.29) is 0 Å². The molecule has 0 fully saturated rings. The van der Waals surface area contributed by atoms with Crippen LogP contribution < -0.4 is 5.64 Å². The van der Waals surface area contributed by atoms with E-state index < -0.39 is 0 Å². The van der Waals surface area contributed by atoms with Gasteiger partial charge in [0.05, 0.1) is 0 Å². The van der Waals surface area contributed by atoms with Crippen molar-refractivity contribution in [2.75, 3.05) is 0 Å².